The maximum atomic E-state index is 12.9. The monoisotopic (exact) mass is 278 g/mol. The molecule has 2 heterocycles. The SMILES string of the molecule is CC1(C(=O)N2CCC3NC(=O)CCC3C2)CCCCC1. The standard InChI is InChI=1S/C16H26N2O2/c1-16(8-3-2-4-9-16)15(20)18-10-7-13-12(11-18)5-6-14(19)17-13/h12-13H,2-11H2,1H3,(H,17,19). The molecular formula is C16H26N2O2. The summed E-state index contributed by atoms with van der Waals surface area (Å²) in [6.45, 7) is 3.82. The zero-order chi connectivity index (χ0) is 14.2. The molecule has 0 aromatic carbocycles. The zero-order valence-electron chi connectivity index (χ0n) is 12.5. The van der Waals surface area contributed by atoms with E-state index in [0.717, 1.165) is 38.8 Å². The van der Waals surface area contributed by atoms with Gasteiger partial charge < -0.3 is 10.2 Å². The molecule has 2 amide bonds. The van der Waals surface area contributed by atoms with Crippen LogP contribution >= 0.6 is 0 Å². The molecule has 1 saturated carbocycles. The van der Waals surface area contributed by atoms with Crippen LogP contribution in [0.3, 0.4) is 0 Å². The molecule has 4 nitrogen and oxygen atoms in total. The van der Waals surface area contributed by atoms with Crippen LogP contribution in [0.2, 0.25) is 0 Å². The quantitative estimate of drug-likeness (QED) is 0.798. The van der Waals surface area contributed by atoms with Crippen molar-refractivity contribution in [3.05, 3.63) is 0 Å². The van der Waals surface area contributed by atoms with E-state index >= 15 is 0 Å². The largest absolute Gasteiger partial charge is 0.353 e. The second kappa shape index (κ2) is 5.38. The van der Waals surface area contributed by atoms with Gasteiger partial charge in [0.2, 0.25) is 11.8 Å². The van der Waals surface area contributed by atoms with Crippen molar-refractivity contribution >= 4 is 11.8 Å². The van der Waals surface area contributed by atoms with Crippen molar-refractivity contribution in [1.29, 1.82) is 0 Å². The van der Waals surface area contributed by atoms with Crippen molar-refractivity contribution in [2.45, 2.75) is 64.3 Å². The molecule has 4 heteroatoms. The fourth-order valence-corrected chi connectivity index (χ4v) is 4.22. The number of hydrogen-bond acceptors (Lipinski definition) is 2. The smallest absolute Gasteiger partial charge is 0.228 e. The van der Waals surface area contributed by atoms with E-state index in [1.807, 2.05) is 0 Å². The van der Waals surface area contributed by atoms with Gasteiger partial charge in [0.25, 0.3) is 0 Å². The third kappa shape index (κ3) is 2.57. The third-order valence-corrected chi connectivity index (χ3v) is 5.58. The summed E-state index contributed by atoms with van der Waals surface area (Å²) in [6.07, 6.45) is 8.26. The molecule has 0 bridgehead atoms. The lowest BCUT2D eigenvalue weighted by molar-refractivity contribution is -0.146. The van der Waals surface area contributed by atoms with Crippen LogP contribution in [0.5, 0.6) is 0 Å². The number of nitrogens with zero attached hydrogens (tertiary/aromatic N) is 1. The topological polar surface area (TPSA) is 49.4 Å². The van der Waals surface area contributed by atoms with E-state index in [1.54, 1.807) is 0 Å². The average Bonchev–Trinajstić information content (AvgIpc) is 2.46. The lowest BCUT2D eigenvalue weighted by Gasteiger charge is -2.45. The summed E-state index contributed by atoms with van der Waals surface area (Å²) in [5.74, 6) is 1.02. The molecule has 2 saturated heterocycles. The van der Waals surface area contributed by atoms with Crippen molar-refractivity contribution in [3.8, 4) is 0 Å². The van der Waals surface area contributed by atoms with E-state index in [4.69, 9.17) is 0 Å². The zero-order valence-corrected chi connectivity index (χ0v) is 12.5. The minimum Gasteiger partial charge on any atom is -0.353 e. The summed E-state index contributed by atoms with van der Waals surface area (Å²) in [6, 6.07) is 0.305. The molecule has 0 radical (unpaired) electrons. The van der Waals surface area contributed by atoms with Crippen molar-refractivity contribution in [1.82, 2.24) is 10.2 Å². The molecule has 2 unspecified atom stereocenters. The number of fused-ring (bicyclic) bond motifs is 1. The second-order valence-electron chi connectivity index (χ2n) is 7.13. The molecule has 20 heavy (non-hydrogen) atoms. The molecular weight excluding hydrogens is 252 g/mol. The van der Waals surface area contributed by atoms with Crippen LogP contribution in [0.15, 0.2) is 0 Å². The lowest BCUT2D eigenvalue weighted by Crippen LogP contribution is -2.57. The maximum Gasteiger partial charge on any atom is 0.228 e. The van der Waals surface area contributed by atoms with Crippen molar-refractivity contribution in [2.24, 2.45) is 11.3 Å². The number of piperidine rings is 2. The van der Waals surface area contributed by atoms with Crippen molar-refractivity contribution in [2.75, 3.05) is 13.1 Å². The number of carbonyl (C=O) groups excluding carboxylic acids is 2. The van der Waals surface area contributed by atoms with Gasteiger partial charge in [0.1, 0.15) is 0 Å². The van der Waals surface area contributed by atoms with Crippen LogP contribution < -0.4 is 5.32 Å². The number of hydrogen-bond donors (Lipinski definition) is 1. The Balaban J connectivity index is 1.64. The van der Waals surface area contributed by atoms with E-state index in [2.05, 4.69) is 17.1 Å². The summed E-state index contributed by atoms with van der Waals surface area (Å²) >= 11 is 0. The number of rotatable bonds is 1. The normalized spacial score (nSPS) is 33.2. The first-order valence-corrected chi connectivity index (χ1v) is 8.17. The molecule has 112 valence electrons. The van der Waals surface area contributed by atoms with Gasteiger partial charge in [0.15, 0.2) is 0 Å². The van der Waals surface area contributed by atoms with Crippen LogP contribution in [-0.2, 0) is 9.59 Å². The Morgan fingerprint density at radius 3 is 2.75 bits per heavy atom. The minimum atomic E-state index is -0.122. The summed E-state index contributed by atoms with van der Waals surface area (Å²) in [4.78, 5) is 26.4. The molecule has 1 aliphatic carbocycles. The fourth-order valence-electron chi connectivity index (χ4n) is 4.22. The van der Waals surface area contributed by atoms with Gasteiger partial charge in [0.05, 0.1) is 0 Å². The van der Waals surface area contributed by atoms with Crippen molar-refractivity contribution < 1.29 is 9.59 Å². The summed E-state index contributed by atoms with van der Waals surface area (Å²) in [5.41, 5.74) is -0.122. The van der Waals surface area contributed by atoms with Crippen LogP contribution in [0, 0.1) is 11.3 Å². The highest BCUT2D eigenvalue weighted by molar-refractivity contribution is 5.83. The van der Waals surface area contributed by atoms with Crippen molar-refractivity contribution in [3.63, 3.8) is 0 Å². The molecule has 3 fully saturated rings. The molecule has 1 N–H and O–H groups in total. The number of nitrogens with one attached hydrogen (secondary N) is 1. The average molecular weight is 278 g/mol. The lowest BCUT2D eigenvalue weighted by atomic mass is 9.74. The van der Waals surface area contributed by atoms with Gasteiger partial charge in [-0.05, 0) is 31.6 Å². The summed E-state index contributed by atoms with van der Waals surface area (Å²) in [5, 5.41) is 3.09. The van der Waals surface area contributed by atoms with E-state index in [1.165, 1.54) is 19.3 Å². The molecule has 0 spiro atoms. The predicted octanol–water partition coefficient (Wildman–Crippen LogP) is 2.08. The Labute approximate surface area is 121 Å². The molecule has 0 aromatic rings. The highest BCUT2D eigenvalue weighted by atomic mass is 16.2. The Morgan fingerprint density at radius 1 is 1.25 bits per heavy atom. The third-order valence-electron chi connectivity index (χ3n) is 5.58. The van der Waals surface area contributed by atoms with Gasteiger partial charge >= 0.3 is 0 Å². The predicted molar refractivity (Wildman–Crippen MR) is 77.0 cm³/mol. The van der Waals surface area contributed by atoms with Crippen LogP contribution in [0.25, 0.3) is 0 Å². The summed E-state index contributed by atoms with van der Waals surface area (Å²) in [7, 11) is 0. The van der Waals surface area contributed by atoms with Gasteiger partial charge in [-0.3, -0.25) is 9.59 Å². The molecule has 2 aliphatic heterocycles. The van der Waals surface area contributed by atoms with Crippen LogP contribution in [0.1, 0.15) is 58.3 Å². The van der Waals surface area contributed by atoms with Crippen LogP contribution in [0.4, 0.5) is 0 Å². The maximum absolute atomic E-state index is 12.9. The van der Waals surface area contributed by atoms with Gasteiger partial charge in [-0.15, -0.1) is 0 Å². The van der Waals surface area contributed by atoms with E-state index < -0.39 is 0 Å². The Hall–Kier alpha value is -1.06. The molecule has 3 rings (SSSR count). The fraction of sp³-hybridized carbons (Fsp3) is 0.875. The Kier molecular flexibility index (Phi) is 3.74. The highest BCUT2D eigenvalue weighted by Gasteiger charge is 2.41. The van der Waals surface area contributed by atoms with E-state index in [0.29, 0.717) is 24.3 Å². The van der Waals surface area contributed by atoms with E-state index in [-0.39, 0.29) is 11.3 Å². The Morgan fingerprint density at radius 2 is 2.00 bits per heavy atom. The second-order valence-corrected chi connectivity index (χ2v) is 7.13. The number of likely N-dealkylation sites (tertiary alicyclic amines) is 1. The van der Waals surface area contributed by atoms with Gasteiger partial charge in [-0.1, -0.05) is 26.2 Å². The number of amides is 2. The van der Waals surface area contributed by atoms with E-state index in [9.17, 15) is 9.59 Å². The van der Waals surface area contributed by atoms with Crippen LogP contribution in [-0.4, -0.2) is 35.8 Å². The number of carbonyl (C=O) groups is 2. The van der Waals surface area contributed by atoms with Gasteiger partial charge in [0, 0.05) is 31.0 Å². The highest BCUT2D eigenvalue weighted by Crippen LogP contribution is 2.38. The minimum absolute atomic E-state index is 0.122. The summed E-state index contributed by atoms with van der Waals surface area (Å²) < 4.78 is 0. The Bertz CT molecular complexity index is 401. The van der Waals surface area contributed by atoms with Gasteiger partial charge in [-0.25, -0.2) is 0 Å². The first-order chi connectivity index (χ1) is 9.58. The molecule has 0 aromatic heterocycles. The first kappa shape index (κ1) is 13.9. The molecule has 3 aliphatic rings. The van der Waals surface area contributed by atoms with Gasteiger partial charge in [-0.2, -0.15) is 0 Å². The molecule has 2 atom stereocenters. The first-order valence-electron chi connectivity index (χ1n) is 8.17.